The summed E-state index contributed by atoms with van der Waals surface area (Å²) in [6, 6.07) is 16.9. The smallest absolute Gasteiger partial charge is 0.487 e. The molecule has 1 N–H and O–H groups in total. The summed E-state index contributed by atoms with van der Waals surface area (Å²) in [6.07, 6.45) is -0.715. The standard InChI is InChI=1S/C24H24N2O6/c1-16-20(25-23(31-16)18-8-3-2-4-9-18)15-30-19-10-5-7-17(13-19)14-21(27)26-12-6-11-22(26)32-24(28)29/h2-5,7-10,13,22H,6,11-12,14-15H2,1H3,(H,28,29)/t22-/m0/s1. The number of carboxylic acid groups (broad SMARTS) is 1. The van der Waals surface area contributed by atoms with Crippen molar-refractivity contribution in [2.24, 2.45) is 0 Å². The van der Waals surface area contributed by atoms with Gasteiger partial charge in [0, 0.05) is 18.5 Å². The van der Waals surface area contributed by atoms with E-state index in [1.54, 1.807) is 6.07 Å². The lowest BCUT2D eigenvalue weighted by molar-refractivity contribution is -0.138. The van der Waals surface area contributed by atoms with Crippen LogP contribution in [0.25, 0.3) is 11.5 Å². The van der Waals surface area contributed by atoms with Gasteiger partial charge in [0.15, 0.2) is 6.23 Å². The Morgan fingerprint density at radius 3 is 2.78 bits per heavy atom. The monoisotopic (exact) mass is 436 g/mol. The molecule has 4 rings (SSSR count). The highest BCUT2D eigenvalue weighted by atomic mass is 16.7. The van der Waals surface area contributed by atoms with Gasteiger partial charge in [0.05, 0.1) is 6.42 Å². The second-order valence-electron chi connectivity index (χ2n) is 7.57. The number of ether oxygens (including phenoxy) is 2. The molecular weight excluding hydrogens is 412 g/mol. The number of likely N-dealkylation sites (tertiary alicyclic amines) is 1. The molecular formula is C24H24N2O6. The van der Waals surface area contributed by atoms with Gasteiger partial charge in [-0.05, 0) is 43.2 Å². The lowest BCUT2D eigenvalue weighted by Crippen LogP contribution is -2.39. The predicted molar refractivity (Wildman–Crippen MR) is 115 cm³/mol. The Hall–Kier alpha value is -3.81. The minimum Gasteiger partial charge on any atom is -0.487 e. The predicted octanol–water partition coefficient (Wildman–Crippen LogP) is 4.41. The Kier molecular flexibility index (Phi) is 6.39. The van der Waals surface area contributed by atoms with Crippen molar-refractivity contribution in [3.8, 4) is 17.2 Å². The molecule has 0 radical (unpaired) electrons. The van der Waals surface area contributed by atoms with Gasteiger partial charge >= 0.3 is 6.16 Å². The van der Waals surface area contributed by atoms with E-state index in [2.05, 4.69) is 4.98 Å². The topological polar surface area (TPSA) is 102 Å². The normalized spacial score (nSPS) is 15.5. The third kappa shape index (κ3) is 5.08. The number of hydrogen-bond acceptors (Lipinski definition) is 6. The summed E-state index contributed by atoms with van der Waals surface area (Å²) in [5.74, 6) is 1.67. The van der Waals surface area contributed by atoms with Crippen molar-refractivity contribution in [1.29, 1.82) is 0 Å². The minimum atomic E-state index is -1.37. The van der Waals surface area contributed by atoms with Crippen molar-refractivity contribution in [3.05, 3.63) is 71.6 Å². The molecule has 1 aliphatic heterocycles. The first kappa shape index (κ1) is 21.4. The summed E-state index contributed by atoms with van der Waals surface area (Å²) in [5.41, 5.74) is 2.38. The van der Waals surface area contributed by atoms with Gasteiger partial charge in [-0.2, -0.15) is 0 Å². The lowest BCUT2D eigenvalue weighted by atomic mass is 10.1. The third-order valence-electron chi connectivity index (χ3n) is 5.30. The summed E-state index contributed by atoms with van der Waals surface area (Å²) in [6.45, 7) is 2.57. The van der Waals surface area contributed by atoms with Crippen LogP contribution in [0.15, 0.2) is 59.0 Å². The highest BCUT2D eigenvalue weighted by Gasteiger charge is 2.31. The number of carbonyl (C=O) groups is 2. The van der Waals surface area contributed by atoms with Gasteiger partial charge in [0.2, 0.25) is 11.8 Å². The maximum Gasteiger partial charge on any atom is 0.507 e. The molecule has 0 unspecified atom stereocenters. The van der Waals surface area contributed by atoms with Crippen molar-refractivity contribution >= 4 is 12.1 Å². The molecule has 1 saturated heterocycles. The number of oxazole rings is 1. The van der Waals surface area contributed by atoms with Gasteiger partial charge in [0.25, 0.3) is 0 Å². The molecule has 0 aliphatic carbocycles. The quantitative estimate of drug-likeness (QED) is 0.547. The van der Waals surface area contributed by atoms with Crippen LogP contribution in [-0.4, -0.2) is 39.8 Å². The summed E-state index contributed by atoms with van der Waals surface area (Å²) in [4.78, 5) is 29.5. The molecule has 8 nitrogen and oxygen atoms in total. The summed E-state index contributed by atoms with van der Waals surface area (Å²) in [5, 5.41) is 8.85. The Morgan fingerprint density at radius 2 is 2.00 bits per heavy atom. The molecule has 1 atom stereocenters. The van der Waals surface area contributed by atoms with Crippen LogP contribution in [0.4, 0.5) is 4.79 Å². The van der Waals surface area contributed by atoms with Gasteiger partial charge in [0.1, 0.15) is 23.8 Å². The number of nitrogens with zero attached hydrogens (tertiary/aromatic N) is 2. The molecule has 2 heterocycles. The fourth-order valence-electron chi connectivity index (χ4n) is 3.70. The summed E-state index contributed by atoms with van der Waals surface area (Å²) >= 11 is 0. The molecule has 0 bridgehead atoms. The Morgan fingerprint density at radius 1 is 1.19 bits per heavy atom. The van der Waals surface area contributed by atoms with Crippen LogP contribution in [0.3, 0.4) is 0 Å². The lowest BCUT2D eigenvalue weighted by Gasteiger charge is -2.23. The van der Waals surface area contributed by atoms with Gasteiger partial charge in [-0.3, -0.25) is 4.79 Å². The number of amides is 1. The first-order chi connectivity index (χ1) is 15.5. The fourth-order valence-corrected chi connectivity index (χ4v) is 3.70. The summed E-state index contributed by atoms with van der Waals surface area (Å²) in [7, 11) is 0. The number of carbonyl (C=O) groups excluding carboxylic acids is 1. The van der Waals surface area contributed by atoms with Crippen molar-refractivity contribution < 1.29 is 28.6 Å². The van der Waals surface area contributed by atoms with Crippen LogP contribution < -0.4 is 4.74 Å². The molecule has 1 aliphatic rings. The molecule has 32 heavy (non-hydrogen) atoms. The van der Waals surface area contributed by atoms with E-state index < -0.39 is 12.4 Å². The zero-order valence-electron chi connectivity index (χ0n) is 17.7. The second-order valence-corrected chi connectivity index (χ2v) is 7.57. The van der Waals surface area contributed by atoms with Crippen LogP contribution in [0.5, 0.6) is 5.75 Å². The van der Waals surface area contributed by atoms with Gasteiger partial charge in [-0.1, -0.05) is 30.3 Å². The first-order valence-corrected chi connectivity index (χ1v) is 10.4. The highest BCUT2D eigenvalue weighted by Crippen LogP contribution is 2.24. The molecule has 1 aromatic heterocycles. The van der Waals surface area contributed by atoms with E-state index in [0.29, 0.717) is 36.1 Å². The van der Waals surface area contributed by atoms with Gasteiger partial charge in [-0.15, -0.1) is 0 Å². The number of aryl methyl sites for hydroxylation is 1. The molecule has 2 aromatic carbocycles. The highest BCUT2D eigenvalue weighted by molar-refractivity contribution is 5.79. The minimum absolute atomic E-state index is 0.137. The number of benzene rings is 2. The van der Waals surface area contributed by atoms with E-state index in [1.165, 1.54) is 4.90 Å². The van der Waals surface area contributed by atoms with Crippen molar-refractivity contribution in [2.45, 2.75) is 39.0 Å². The van der Waals surface area contributed by atoms with Crippen molar-refractivity contribution in [2.75, 3.05) is 6.54 Å². The number of rotatable bonds is 7. The second kappa shape index (κ2) is 9.55. The van der Waals surface area contributed by atoms with E-state index >= 15 is 0 Å². The van der Waals surface area contributed by atoms with Crippen LogP contribution in [0.2, 0.25) is 0 Å². The molecule has 3 aromatic rings. The number of hydrogen-bond donors (Lipinski definition) is 1. The molecule has 8 heteroatoms. The maximum absolute atomic E-state index is 12.7. The van der Waals surface area contributed by atoms with E-state index in [9.17, 15) is 9.59 Å². The van der Waals surface area contributed by atoms with Crippen LogP contribution in [-0.2, 0) is 22.6 Å². The zero-order valence-corrected chi connectivity index (χ0v) is 17.7. The van der Waals surface area contributed by atoms with E-state index in [1.807, 2.05) is 55.5 Å². The average Bonchev–Trinajstić information content (AvgIpc) is 3.39. The van der Waals surface area contributed by atoms with E-state index in [-0.39, 0.29) is 18.9 Å². The average molecular weight is 436 g/mol. The maximum atomic E-state index is 12.7. The first-order valence-electron chi connectivity index (χ1n) is 10.4. The molecule has 1 amide bonds. The Bertz CT molecular complexity index is 1090. The van der Waals surface area contributed by atoms with Crippen molar-refractivity contribution in [3.63, 3.8) is 0 Å². The van der Waals surface area contributed by atoms with Gasteiger partial charge < -0.3 is 23.9 Å². The van der Waals surface area contributed by atoms with E-state index in [4.69, 9.17) is 19.0 Å². The van der Waals surface area contributed by atoms with Crippen LogP contribution in [0.1, 0.15) is 29.9 Å². The Labute approximate surface area is 185 Å². The fraction of sp³-hybridized carbons (Fsp3) is 0.292. The molecule has 1 fully saturated rings. The van der Waals surface area contributed by atoms with Crippen LogP contribution in [0, 0.1) is 6.92 Å². The number of aromatic nitrogens is 1. The summed E-state index contributed by atoms with van der Waals surface area (Å²) < 4.78 is 16.5. The largest absolute Gasteiger partial charge is 0.507 e. The third-order valence-corrected chi connectivity index (χ3v) is 5.30. The van der Waals surface area contributed by atoms with E-state index in [0.717, 1.165) is 17.5 Å². The van der Waals surface area contributed by atoms with Crippen LogP contribution >= 0.6 is 0 Å². The molecule has 0 spiro atoms. The SMILES string of the molecule is Cc1oc(-c2ccccc2)nc1COc1cccc(CC(=O)N2CCC[C@@H]2OC(=O)O)c1. The van der Waals surface area contributed by atoms with Crippen molar-refractivity contribution in [1.82, 2.24) is 9.88 Å². The molecule has 166 valence electrons. The van der Waals surface area contributed by atoms with Gasteiger partial charge in [-0.25, -0.2) is 9.78 Å². The zero-order chi connectivity index (χ0) is 22.5. The Balaban J connectivity index is 1.38. The molecule has 0 saturated carbocycles.